The number of rotatable bonds is 7. The fraction of sp³-hybridized carbons (Fsp3) is 0.517. The Morgan fingerprint density at radius 1 is 0.925 bits per heavy atom. The van der Waals surface area contributed by atoms with Gasteiger partial charge < -0.3 is 24.8 Å². The van der Waals surface area contributed by atoms with E-state index >= 15 is 0 Å². The SMILES string of the molecule is CN(C)C(=O)CNC(=O)c1ccc(-c2ncc(C(=O)N(C3CC3)C3CCN(C(=O)OC(C)(C)C)CC3)cn2)cc1. The lowest BCUT2D eigenvalue weighted by Crippen LogP contribution is -2.50. The topological polar surface area (TPSA) is 125 Å². The predicted octanol–water partition coefficient (Wildman–Crippen LogP) is 2.97. The molecule has 4 rings (SSSR count). The van der Waals surface area contributed by atoms with E-state index in [0.717, 1.165) is 12.8 Å². The van der Waals surface area contributed by atoms with E-state index in [-0.39, 0.29) is 42.4 Å². The summed E-state index contributed by atoms with van der Waals surface area (Å²) in [5.41, 5.74) is 1.00. The summed E-state index contributed by atoms with van der Waals surface area (Å²) >= 11 is 0. The van der Waals surface area contributed by atoms with Crippen LogP contribution in [-0.4, -0.2) is 99.9 Å². The lowest BCUT2D eigenvalue weighted by molar-refractivity contribution is -0.127. The molecule has 1 saturated carbocycles. The highest BCUT2D eigenvalue weighted by molar-refractivity contribution is 5.97. The van der Waals surface area contributed by atoms with Crippen LogP contribution < -0.4 is 5.32 Å². The second kappa shape index (κ2) is 12.0. The predicted molar refractivity (Wildman–Crippen MR) is 149 cm³/mol. The molecule has 0 spiro atoms. The number of amides is 4. The molecule has 2 heterocycles. The van der Waals surface area contributed by atoms with Gasteiger partial charge in [-0.1, -0.05) is 12.1 Å². The van der Waals surface area contributed by atoms with E-state index < -0.39 is 5.60 Å². The maximum atomic E-state index is 13.5. The monoisotopic (exact) mass is 550 g/mol. The van der Waals surface area contributed by atoms with Crippen LogP contribution in [0.15, 0.2) is 36.7 Å². The van der Waals surface area contributed by atoms with E-state index in [4.69, 9.17) is 4.74 Å². The Kier molecular flexibility index (Phi) is 8.70. The molecule has 4 amide bonds. The van der Waals surface area contributed by atoms with Gasteiger partial charge in [0.05, 0.1) is 12.1 Å². The molecule has 1 aromatic heterocycles. The van der Waals surface area contributed by atoms with Crippen molar-refractivity contribution < 1.29 is 23.9 Å². The van der Waals surface area contributed by atoms with Crippen LogP contribution in [0.5, 0.6) is 0 Å². The standard InChI is InChI=1S/C29H38N6O5/c1-29(2,3)40-28(39)34-14-12-23(13-15-34)35(22-10-11-22)27(38)21-16-30-25(31-17-21)19-6-8-20(9-7-19)26(37)32-18-24(36)33(4)5/h6-9,16-17,22-23H,10-15,18H2,1-5H3,(H,32,37). The van der Waals surface area contributed by atoms with Crippen molar-refractivity contribution in [2.75, 3.05) is 33.7 Å². The molecule has 214 valence electrons. The number of ether oxygens (including phenoxy) is 1. The Balaban J connectivity index is 1.36. The molecule has 0 unspecified atom stereocenters. The molecule has 40 heavy (non-hydrogen) atoms. The zero-order valence-electron chi connectivity index (χ0n) is 23.8. The fourth-order valence-corrected chi connectivity index (χ4v) is 4.56. The first kappa shape index (κ1) is 29.0. The van der Waals surface area contributed by atoms with Gasteiger partial charge in [-0.3, -0.25) is 14.4 Å². The highest BCUT2D eigenvalue weighted by atomic mass is 16.6. The van der Waals surface area contributed by atoms with Crippen molar-refractivity contribution in [1.82, 2.24) is 30.0 Å². The first-order valence-electron chi connectivity index (χ1n) is 13.6. The lowest BCUT2D eigenvalue weighted by Gasteiger charge is -2.39. The average Bonchev–Trinajstić information content (AvgIpc) is 3.76. The van der Waals surface area contributed by atoms with Crippen molar-refractivity contribution in [3.05, 3.63) is 47.8 Å². The van der Waals surface area contributed by atoms with Gasteiger partial charge in [-0.05, 0) is 58.6 Å². The Labute approximate surface area is 234 Å². The zero-order chi connectivity index (χ0) is 29.0. The third-order valence-corrected chi connectivity index (χ3v) is 6.89. The molecule has 11 nitrogen and oxygen atoms in total. The maximum absolute atomic E-state index is 13.5. The molecule has 1 aromatic carbocycles. The molecule has 1 N–H and O–H groups in total. The van der Waals surface area contributed by atoms with Gasteiger partial charge in [0.1, 0.15) is 5.60 Å². The Morgan fingerprint density at radius 2 is 1.50 bits per heavy atom. The number of likely N-dealkylation sites (tertiary alicyclic amines) is 1. The number of carbonyl (C=O) groups excluding carboxylic acids is 4. The van der Waals surface area contributed by atoms with Crippen molar-refractivity contribution >= 4 is 23.8 Å². The van der Waals surface area contributed by atoms with Gasteiger partial charge in [-0.2, -0.15) is 0 Å². The van der Waals surface area contributed by atoms with Crippen molar-refractivity contribution in [2.24, 2.45) is 0 Å². The van der Waals surface area contributed by atoms with Crippen molar-refractivity contribution in [3.63, 3.8) is 0 Å². The Bertz CT molecular complexity index is 1230. The van der Waals surface area contributed by atoms with E-state index in [1.165, 1.54) is 4.90 Å². The van der Waals surface area contributed by atoms with Crippen LogP contribution in [-0.2, 0) is 9.53 Å². The molecule has 1 aliphatic heterocycles. The summed E-state index contributed by atoms with van der Waals surface area (Å²) in [6.45, 7) is 6.57. The maximum Gasteiger partial charge on any atom is 0.410 e. The number of piperidine rings is 1. The first-order valence-corrected chi connectivity index (χ1v) is 13.6. The third-order valence-electron chi connectivity index (χ3n) is 6.89. The number of nitrogens with one attached hydrogen (secondary N) is 1. The molecule has 2 fully saturated rings. The smallest absolute Gasteiger partial charge is 0.410 e. The summed E-state index contributed by atoms with van der Waals surface area (Å²) in [5, 5.41) is 2.60. The van der Waals surface area contributed by atoms with Gasteiger partial charge in [0.2, 0.25) is 5.91 Å². The van der Waals surface area contributed by atoms with E-state index in [9.17, 15) is 19.2 Å². The van der Waals surface area contributed by atoms with E-state index in [2.05, 4.69) is 15.3 Å². The van der Waals surface area contributed by atoms with Crippen molar-refractivity contribution in [2.45, 2.75) is 64.1 Å². The van der Waals surface area contributed by atoms with Crippen LogP contribution in [0.25, 0.3) is 11.4 Å². The molecular formula is C29H38N6O5. The van der Waals surface area contributed by atoms with E-state index in [1.807, 2.05) is 25.7 Å². The van der Waals surface area contributed by atoms with Crippen LogP contribution in [0.2, 0.25) is 0 Å². The number of nitrogens with zero attached hydrogens (tertiary/aromatic N) is 5. The normalized spacial score (nSPS) is 15.8. The minimum Gasteiger partial charge on any atom is -0.444 e. The van der Waals surface area contributed by atoms with Gasteiger partial charge in [0.15, 0.2) is 5.82 Å². The largest absolute Gasteiger partial charge is 0.444 e. The molecule has 11 heteroatoms. The summed E-state index contributed by atoms with van der Waals surface area (Å²) in [5.74, 6) is -0.195. The van der Waals surface area contributed by atoms with Gasteiger partial charge in [-0.15, -0.1) is 0 Å². The van der Waals surface area contributed by atoms with Crippen molar-refractivity contribution in [1.29, 1.82) is 0 Å². The van der Waals surface area contributed by atoms with Crippen LogP contribution in [0.4, 0.5) is 4.79 Å². The highest BCUT2D eigenvalue weighted by Gasteiger charge is 2.40. The average molecular weight is 551 g/mol. The number of aromatic nitrogens is 2. The van der Waals surface area contributed by atoms with Gasteiger partial charge in [0.25, 0.3) is 11.8 Å². The van der Waals surface area contributed by atoms with E-state index in [1.54, 1.807) is 55.7 Å². The number of likely N-dealkylation sites (N-methyl/N-ethyl adjacent to an activating group) is 1. The zero-order valence-corrected chi connectivity index (χ0v) is 23.8. The lowest BCUT2D eigenvalue weighted by atomic mass is 10.0. The van der Waals surface area contributed by atoms with Gasteiger partial charge in [-0.25, -0.2) is 14.8 Å². The highest BCUT2D eigenvalue weighted by Crippen LogP contribution is 2.33. The molecule has 2 aromatic rings. The summed E-state index contributed by atoms with van der Waals surface area (Å²) in [7, 11) is 3.26. The number of hydrogen-bond acceptors (Lipinski definition) is 7. The van der Waals surface area contributed by atoms with Gasteiger partial charge in [0, 0.05) is 62.8 Å². The van der Waals surface area contributed by atoms with Crippen LogP contribution in [0.3, 0.4) is 0 Å². The second-order valence-electron chi connectivity index (χ2n) is 11.5. The molecule has 1 aliphatic carbocycles. The summed E-state index contributed by atoms with van der Waals surface area (Å²) < 4.78 is 5.50. The summed E-state index contributed by atoms with van der Waals surface area (Å²) in [4.78, 5) is 63.9. The molecule has 2 aliphatic rings. The molecule has 0 radical (unpaired) electrons. The third kappa shape index (κ3) is 7.34. The van der Waals surface area contributed by atoms with Crippen LogP contribution in [0, 0.1) is 0 Å². The summed E-state index contributed by atoms with van der Waals surface area (Å²) in [6, 6.07) is 7.00. The minimum atomic E-state index is -0.541. The first-order chi connectivity index (χ1) is 18.9. The Hall–Kier alpha value is -4.02. The number of benzene rings is 1. The van der Waals surface area contributed by atoms with Crippen molar-refractivity contribution in [3.8, 4) is 11.4 Å². The van der Waals surface area contributed by atoms with Crippen LogP contribution in [0.1, 0.15) is 67.2 Å². The van der Waals surface area contributed by atoms with Gasteiger partial charge >= 0.3 is 6.09 Å². The molecule has 0 atom stereocenters. The molecular weight excluding hydrogens is 512 g/mol. The van der Waals surface area contributed by atoms with E-state index in [0.29, 0.717) is 48.4 Å². The minimum absolute atomic E-state index is 0.0464. The fourth-order valence-electron chi connectivity index (χ4n) is 4.56. The Morgan fingerprint density at radius 3 is 2.02 bits per heavy atom. The second-order valence-corrected chi connectivity index (χ2v) is 11.5. The van der Waals surface area contributed by atoms with Crippen LogP contribution >= 0.6 is 0 Å². The quantitative estimate of drug-likeness (QED) is 0.562. The number of carbonyl (C=O) groups is 4. The molecule has 0 bridgehead atoms. The number of hydrogen-bond donors (Lipinski definition) is 1. The summed E-state index contributed by atoms with van der Waals surface area (Å²) in [6.07, 6.45) is 6.12. The molecule has 1 saturated heterocycles.